The number of para-hydroxylation sites is 1. The second kappa shape index (κ2) is 12.0. The molecule has 1 saturated heterocycles. The molecule has 180 valence electrons. The molecule has 2 atom stereocenters. The molecule has 1 fully saturated rings. The quantitative estimate of drug-likeness (QED) is 0.336. The fraction of sp³-hybridized carbons (Fsp3) is 0.308. The van der Waals surface area contributed by atoms with Crippen molar-refractivity contribution in [2.75, 3.05) is 36.4 Å². The van der Waals surface area contributed by atoms with E-state index in [2.05, 4.69) is 68.0 Å². The molecule has 0 spiro atoms. The van der Waals surface area contributed by atoms with Gasteiger partial charge in [-0.3, -0.25) is 4.21 Å². The zero-order valence-corrected chi connectivity index (χ0v) is 21.6. The van der Waals surface area contributed by atoms with E-state index in [1.807, 2.05) is 42.5 Å². The maximum Gasteiger partial charge on any atom is 0.0446 e. The predicted octanol–water partition coefficient (Wildman–Crippen LogP) is 4.83. The number of nitrogens with zero attached hydrogens (tertiary/aromatic N) is 1. The first-order valence-electron chi connectivity index (χ1n) is 11.5. The summed E-state index contributed by atoms with van der Waals surface area (Å²) in [6, 6.07) is 22.3. The molecule has 0 aromatic heterocycles. The number of benzene rings is 3. The van der Waals surface area contributed by atoms with Crippen molar-refractivity contribution < 1.29 is 8.76 Å². The van der Waals surface area contributed by atoms with Gasteiger partial charge in [0.15, 0.2) is 0 Å². The molecule has 3 aromatic rings. The van der Waals surface area contributed by atoms with Crippen molar-refractivity contribution in [2.45, 2.75) is 25.3 Å². The smallest absolute Gasteiger partial charge is 0.0446 e. The molecule has 1 aliphatic rings. The molecule has 1 heterocycles. The number of rotatable bonds is 9. The van der Waals surface area contributed by atoms with Gasteiger partial charge in [-0.2, -0.15) is 0 Å². The molecule has 1 aliphatic heterocycles. The monoisotopic (exact) mass is 541 g/mol. The van der Waals surface area contributed by atoms with Gasteiger partial charge >= 0.3 is 0 Å². The normalized spacial score (nSPS) is 15.7. The van der Waals surface area contributed by atoms with E-state index in [9.17, 15) is 8.76 Å². The van der Waals surface area contributed by atoms with Gasteiger partial charge in [0, 0.05) is 66.1 Å². The summed E-state index contributed by atoms with van der Waals surface area (Å²) in [5, 5.41) is 10.5. The van der Waals surface area contributed by atoms with Gasteiger partial charge in [0.25, 0.3) is 0 Å². The lowest BCUT2D eigenvalue weighted by Crippen LogP contribution is -2.44. The first-order chi connectivity index (χ1) is 16.5. The fourth-order valence-corrected chi connectivity index (χ4v) is 5.19. The Morgan fingerprint density at radius 2 is 1.85 bits per heavy atom. The molecule has 0 aliphatic carbocycles. The first kappa shape index (κ1) is 24.9. The van der Waals surface area contributed by atoms with Crippen molar-refractivity contribution in [3.05, 3.63) is 87.9 Å². The predicted molar refractivity (Wildman–Crippen MR) is 143 cm³/mol. The highest BCUT2D eigenvalue weighted by atomic mass is 79.9. The van der Waals surface area contributed by atoms with Gasteiger partial charge < -0.3 is 25.4 Å². The Hall–Kier alpha value is -2.23. The molecule has 0 amide bonds. The Morgan fingerprint density at radius 3 is 2.56 bits per heavy atom. The number of piperazine rings is 1. The van der Waals surface area contributed by atoms with Gasteiger partial charge in [-0.1, -0.05) is 57.3 Å². The Kier molecular flexibility index (Phi) is 8.74. The van der Waals surface area contributed by atoms with Gasteiger partial charge in [-0.15, -0.1) is 0 Å². The van der Waals surface area contributed by atoms with Crippen molar-refractivity contribution in [2.24, 2.45) is 0 Å². The standard InChI is InChI=1S/C26H31BrN4O2S/c1-19(29-17-20-6-5-7-22(27)14-20)24-15-21(18-34(32)33)25(30-23-8-3-2-4-9-23)16-26(24)31-12-10-28-11-13-31/h2-9,14-16,19,28-30H,10-13,17-18H2,1H3,(H,32,33)/p-1. The average Bonchev–Trinajstić information content (AvgIpc) is 2.84. The lowest BCUT2D eigenvalue weighted by atomic mass is 9.99. The van der Waals surface area contributed by atoms with Gasteiger partial charge in [0.05, 0.1) is 0 Å². The van der Waals surface area contributed by atoms with E-state index in [4.69, 9.17) is 0 Å². The summed E-state index contributed by atoms with van der Waals surface area (Å²) >= 11 is 1.35. The average molecular weight is 543 g/mol. The highest BCUT2D eigenvalue weighted by Gasteiger charge is 2.21. The summed E-state index contributed by atoms with van der Waals surface area (Å²) in [6.45, 7) is 6.52. The molecule has 0 radical (unpaired) electrons. The summed E-state index contributed by atoms with van der Waals surface area (Å²) in [4.78, 5) is 2.39. The summed E-state index contributed by atoms with van der Waals surface area (Å²) in [5.41, 5.74) is 5.95. The van der Waals surface area contributed by atoms with Gasteiger partial charge in [0.1, 0.15) is 0 Å². The summed E-state index contributed by atoms with van der Waals surface area (Å²) in [6.07, 6.45) is 0. The van der Waals surface area contributed by atoms with Crippen LogP contribution in [0.5, 0.6) is 0 Å². The number of halogens is 1. The van der Waals surface area contributed by atoms with Gasteiger partial charge in [0.2, 0.25) is 0 Å². The SMILES string of the molecule is CC(NCc1cccc(Br)c1)c1cc(CS(=O)[O-])c(Nc2ccccc2)cc1N1CCNCC1. The van der Waals surface area contributed by atoms with Crippen LogP contribution in [0.2, 0.25) is 0 Å². The molecule has 6 nitrogen and oxygen atoms in total. The molecule has 8 heteroatoms. The molecule has 34 heavy (non-hydrogen) atoms. The van der Waals surface area contributed by atoms with Crippen molar-refractivity contribution in [1.29, 1.82) is 0 Å². The molecule has 3 aromatic carbocycles. The third-order valence-corrected chi connectivity index (χ3v) is 7.04. The van der Waals surface area contributed by atoms with Crippen LogP contribution in [-0.2, 0) is 23.4 Å². The van der Waals surface area contributed by atoms with Gasteiger partial charge in [-0.05, 0) is 60.0 Å². The summed E-state index contributed by atoms with van der Waals surface area (Å²) in [5.74, 6) is -0.0393. The number of nitrogens with one attached hydrogen (secondary N) is 3. The third kappa shape index (κ3) is 6.67. The van der Waals surface area contributed by atoms with Crippen LogP contribution in [0.4, 0.5) is 17.1 Å². The van der Waals surface area contributed by atoms with Crippen molar-refractivity contribution >= 4 is 44.1 Å². The topological polar surface area (TPSA) is 79.5 Å². The largest absolute Gasteiger partial charge is 0.772 e. The lowest BCUT2D eigenvalue weighted by Gasteiger charge is -2.34. The Balaban J connectivity index is 1.69. The van der Waals surface area contributed by atoms with E-state index in [-0.39, 0.29) is 11.8 Å². The van der Waals surface area contributed by atoms with E-state index in [0.29, 0.717) is 6.54 Å². The third-order valence-electron chi connectivity index (χ3n) is 6.00. The molecule has 0 bridgehead atoms. The van der Waals surface area contributed by atoms with E-state index < -0.39 is 11.1 Å². The highest BCUT2D eigenvalue weighted by molar-refractivity contribution is 9.10. The minimum Gasteiger partial charge on any atom is -0.772 e. The minimum absolute atomic E-state index is 0.0356. The maximum absolute atomic E-state index is 11.7. The van der Waals surface area contributed by atoms with Crippen LogP contribution in [-0.4, -0.2) is 34.9 Å². The lowest BCUT2D eigenvalue weighted by molar-refractivity contribution is 0.536. The van der Waals surface area contributed by atoms with Crippen molar-refractivity contribution in [3.63, 3.8) is 0 Å². The zero-order valence-electron chi connectivity index (χ0n) is 19.2. The van der Waals surface area contributed by atoms with Crippen LogP contribution in [0.25, 0.3) is 0 Å². The van der Waals surface area contributed by atoms with Crippen molar-refractivity contribution in [3.8, 4) is 0 Å². The molecule has 2 unspecified atom stereocenters. The maximum atomic E-state index is 11.7. The number of anilines is 3. The summed E-state index contributed by atoms with van der Waals surface area (Å²) in [7, 11) is 0. The fourth-order valence-electron chi connectivity index (χ4n) is 4.25. The molecule has 4 rings (SSSR count). The Labute approximate surface area is 212 Å². The van der Waals surface area contributed by atoms with Crippen LogP contribution in [0.1, 0.15) is 29.7 Å². The van der Waals surface area contributed by atoms with Crippen LogP contribution in [0, 0.1) is 0 Å². The highest BCUT2D eigenvalue weighted by Crippen LogP contribution is 2.35. The Morgan fingerprint density at radius 1 is 1.09 bits per heavy atom. The van der Waals surface area contributed by atoms with Crippen LogP contribution in [0.3, 0.4) is 0 Å². The number of hydrogen-bond donors (Lipinski definition) is 3. The molecule has 0 saturated carbocycles. The van der Waals surface area contributed by atoms with E-state index >= 15 is 0 Å². The van der Waals surface area contributed by atoms with E-state index in [1.54, 1.807) is 0 Å². The Bertz CT molecular complexity index is 1120. The second-order valence-corrected chi connectivity index (χ2v) is 10.3. The van der Waals surface area contributed by atoms with E-state index in [1.165, 1.54) is 5.56 Å². The van der Waals surface area contributed by atoms with Gasteiger partial charge in [-0.25, -0.2) is 0 Å². The van der Waals surface area contributed by atoms with E-state index in [0.717, 1.165) is 58.8 Å². The second-order valence-electron chi connectivity index (χ2n) is 8.48. The zero-order chi connectivity index (χ0) is 23.9. The number of hydrogen-bond acceptors (Lipinski definition) is 6. The molecule has 3 N–H and O–H groups in total. The molecular formula is C26H30BrN4O2S-. The van der Waals surface area contributed by atoms with Crippen LogP contribution >= 0.6 is 15.9 Å². The minimum atomic E-state index is -2.19. The molecular weight excluding hydrogens is 512 g/mol. The van der Waals surface area contributed by atoms with Crippen molar-refractivity contribution in [1.82, 2.24) is 10.6 Å². The van der Waals surface area contributed by atoms with Crippen LogP contribution < -0.4 is 20.9 Å². The van der Waals surface area contributed by atoms with Crippen LogP contribution in [0.15, 0.2) is 71.2 Å². The summed E-state index contributed by atoms with van der Waals surface area (Å²) < 4.78 is 24.5. The first-order valence-corrected chi connectivity index (χ1v) is 13.5.